The number of hydrogen-bond acceptors (Lipinski definition) is 3. The molecule has 4 rings (SSSR count). The third kappa shape index (κ3) is 1.93. The van der Waals surface area contributed by atoms with E-state index in [4.69, 9.17) is 0 Å². The third-order valence-corrected chi connectivity index (χ3v) is 3.83. The summed E-state index contributed by atoms with van der Waals surface area (Å²) in [6.07, 6.45) is 2.36. The van der Waals surface area contributed by atoms with Crippen molar-refractivity contribution in [3.8, 4) is 0 Å². The van der Waals surface area contributed by atoms with Crippen LogP contribution in [0.3, 0.4) is 0 Å². The lowest BCUT2D eigenvalue weighted by molar-refractivity contribution is 0.504. The number of nitrogens with zero attached hydrogens (tertiary/aromatic N) is 4. The Kier molecular flexibility index (Phi) is 2.66. The SMILES string of the molecule is c1ccc2c(c1)CCCN2Cn1nc2ccccc2n1. The summed E-state index contributed by atoms with van der Waals surface area (Å²) < 4.78 is 0. The number of aromatic nitrogens is 3. The first kappa shape index (κ1) is 11.5. The van der Waals surface area contributed by atoms with Gasteiger partial charge >= 0.3 is 0 Å². The molecular weight excluding hydrogens is 248 g/mol. The smallest absolute Gasteiger partial charge is 0.132 e. The van der Waals surface area contributed by atoms with Crippen LogP contribution in [0.1, 0.15) is 12.0 Å². The van der Waals surface area contributed by atoms with Crippen LogP contribution in [0.2, 0.25) is 0 Å². The van der Waals surface area contributed by atoms with E-state index in [1.54, 1.807) is 4.80 Å². The van der Waals surface area contributed by atoms with Gasteiger partial charge in [-0.15, -0.1) is 0 Å². The lowest BCUT2D eigenvalue weighted by Crippen LogP contribution is -2.32. The molecule has 2 heterocycles. The average Bonchev–Trinajstić information content (AvgIpc) is 2.90. The number of hydrogen-bond donors (Lipinski definition) is 0. The molecule has 0 atom stereocenters. The van der Waals surface area contributed by atoms with Crippen LogP contribution in [0.4, 0.5) is 5.69 Å². The van der Waals surface area contributed by atoms with E-state index in [1.165, 1.54) is 24.1 Å². The van der Waals surface area contributed by atoms with E-state index in [0.717, 1.165) is 17.6 Å². The number of benzene rings is 2. The maximum Gasteiger partial charge on any atom is 0.132 e. The summed E-state index contributed by atoms with van der Waals surface area (Å²) in [4.78, 5) is 4.16. The summed E-state index contributed by atoms with van der Waals surface area (Å²) >= 11 is 0. The predicted molar refractivity (Wildman–Crippen MR) is 79.6 cm³/mol. The molecule has 100 valence electrons. The van der Waals surface area contributed by atoms with Gasteiger partial charge in [0.1, 0.15) is 17.7 Å². The molecule has 0 unspecified atom stereocenters. The van der Waals surface area contributed by atoms with Crippen molar-refractivity contribution in [3.63, 3.8) is 0 Å². The van der Waals surface area contributed by atoms with E-state index in [2.05, 4.69) is 39.4 Å². The van der Waals surface area contributed by atoms with Crippen LogP contribution >= 0.6 is 0 Å². The van der Waals surface area contributed by atoms with Crippen LogP contribution in [0.5, 0.6) is 0 Å². The Morgan fingerprint density at radius 3 is 2.40 bits per heavy atom. The fraction of sp³-hybridized carbons (Fsp3) is 0.250. The Bertz CT molecular complexity index is 714. The maximum atomic E-state index is 4.54. The van der Waals surface area contributed by atoms with Crippen molar-refractivity contribution in [1.82, 2.24) is 15.0 Å². The van der Waals surface area contributed by atoms with Crippen LogP contribution in [0.25, 0.3) is 11.0 Å². The van der Waals surface area contributed by atoms with Crippen molar-refractivity contribution in [2.75, 3.05) is 11.4 Å². The van der Waals surface area contributed by atoms with E-state index < -0.39 is 0 Å². The van der Waals surface area contributed by atoms with Crippen molar-refractivity contribution in [2.45, 2.75) is 19.5 Å². The third-order valence-electron chi connectivity index (χ3n) is 3.83. The highest BCUT2D eigenvalue weighted by Crippen LogP contribution is 2.26. The van der Waals surface area contributed by atoms with E-state index >= 15 is 0 Å². The molecule has 0 N–H and O–H groups in total. The molecule has 4 heteroatoms. The Morgan fingerprint density at radius 2 is 1.60 bits per heavy atom. The summed E-state index contributed by atoms with van der Waals surface area (Å²) in [6.45, 7) is 1.78. The van der Waals surface area contributed by atoms with E-state index in [0.29, 0.717) is 6.67 Å². The minimum Gasteiger partial charge on any atom is -0.350 e. The molecule has 0 bridgehead atoms. The van der Waals surface area contributed by atoms with Gasteiger partial charge in [-0.05, 0) is 36.6 Å². The molecule has 0 aliphatic carbocycles. The van der Waals surface area contributed by atoms with Gasteiger partial charge in [0.2, 0.25) is 0 Å². The highest BCUT2D eigenvalue weighted by atomic mass is 15.5. The monoisotopic (exact) mass is 264 g/mol. The quantitative estimate of drug-likeness (QED) is 0.713. The summed E-state index contributed by atoms with van der Waals surface area (Å²) in [5, 5.41) is 9.09. The summed E-state index contributed by atoms with van der Waals surface area (Å²) in [5.41, 5.74) is 4.66. The first-order valence-corrected chi connectivity index (χ1v) is 7.03. The van der Waals surface area contributed by atoms with Crippen LogP contribution in [0, 0.1) is 0 Å². The molecule has 1 aliphatic rings. The van der Waals surface area contributed by atoms with Gasteiger partial charge in [0, 0.05) is 12.2 Å². The van der Waals surface area contributed by atoms with Crippen LogP contribution in [0.15, 0.2) is 48.5 Å². The number of para-hydroxylation sites is 1. The van der Waals surface area contributed by atoms with Gasteiger partial charge in [-0.3, -0.25) is 0 Å². The van der Waals surface area contributed by atoms with Crippen LogP contribution < -0.4 is 4.90 Å². The largest absolute Gasteiger partial charge is 0.350 e. The second-order valence-corrected chi connectivity index (χ2v) is 5.20. The van der Waals surface area contributed by atoms with Crippen molar-refractivity contribution in [2.24, 2.45) is 0 Å². The molecular formula is C16H16N4. The molecule has 0 saturated heterocycles. The summed E-state index contributed by atoms with van der Waals surface area (Å²) in [5.74, 6) is 0. The highest BCUT2D eigenvalue weighted by molar-refractivity contribution is 5.73. The van der Waals surface area contributed by atoms with E-state index in [9.17, 15) is 0 Å². The van der Waals surface area contributed by atoms with Gasteiger partial charge in [0.15, 0.2) is 0 Å². The maximum absolute atomic E-state index is 4.54. The van der Waals surface area contributed by atoms with Crippen molar-refractivity contribution < 1.29 is 0 Å². The minimum atomic E-state index is 0.714. The normalized spacial score (nSPS) is 14.5. The fourth-order valence-corrected chi connectivity index (χ4v) is 2.88. The molecule has 3 aromatic rings. The van der Waals surface area contributed by atoms with Gasteiger partial charge in [-0.1, -0.05) is 30.3 Å². The Morgan fingerprint density at radius 1 is 0.900 bits per heavy atom. The number of anilines is 1. The van der Waals surface area contributed by atoms with Crippen LogP contribution in [-0.4, -0.2) is 21.5 Å². The highest BCUT2D eigenvalue weighted by Gasteiger charge is 2.17. The molecule has 0 spiro atoms. The van der Waals surface area contributed by atoms with E-state index in [-0.39, 0.29) is 0 Å². The zero-order valence-corrected chi connectivity index (χ0v) is 11.2. The second kappa shape index (κ2) is 4.63. The zero-order valence-electron chi connectivity index (χ0n) is 11.2. The summed E-state index contributed by atoms with van der Waals surface area (Å²) in [6, 6.07) is 16.6. The zero-order chi connectivity index (χ0) is 13.4. The second-order valence-electron chi connectivity index (χ2n) is 5.20. The summed E-state index contributed by atoms with van der Waals surface area (Å²) in [7, 11) is 0. The van der Waals surface area contributed by atoms with E-state index in [1.807, 2.05) is 24.3 Å². The molecule has 4 nitrogen and oxygen atoms in total. The molecule has 1 aromatic heterocycles. The van der Waals surface area contributed by atoms with Crippen molar-refractivity contribution in [3.05, 3.63) is 54.1 Å². The van der Waals surface area contributed by atoms with Gasteiger partial charge in [0.25, 0.3) is 0 Å². The fourth-order valence-electron chi connectivity index (χ4n) is 2.88. The molecule has 0 fully saturated rings. The molecule has 2 aromatic carbocycles. The molecule has 0 saturated carbocycles. The van der Waals surface area contributed by atoms with Gasteiger partial charge in [-0.25, -0.2) is 0 Å². The van der Waals surface area contributed by atoms with Gasteiger partial charge in [0.05, 0.1) is 0 Å². The number of aryl methyl sites for hydroxylation is 1. The lowest BCUT2D eigenvalue weighted by atomic mass is 10.0. The standard InChI is InChI=1S/C16H16N4/c1-4-10-16-13(6-1)7-5-11-19(16)12-20-17-14-8-2-3-9-15(14)18-20/h1-4,6,8-10H,5,7,11-12H2. The molecule has 0 amide bonds. The minimum absolute atomic E-state index is 0.714. The predicted octanol–water partition coefficient (Wildman–Crippen LogP) is 2.84. The first-order chi connectivity index (χ1) is 9.90. The average molecular weight is 264 g/mol. The molecule has 20 heavy (non-hydrogen) atoms. The Hall–Kier alpha value is -2.36. The Balaban J connectivity index is 1.66. The van der Waals surface area contributed by atoms with Gasteiger partial charge < -0.3 is 4.90 Å². The van der Waals surface area contributed by atoms with Gasteiger partial charge in [-0.2, -0.15) is 15.0 Å². The first-order valence-electron chi connectivity index (χ1n) is 7.03. The van der Waals surface area contributed by atoms with Crippen molar-refractivity contribution in [1.29, 1.82) is 0 Å². The number of fused-ring (bicyclic) bond motifs is 2. The topological polar surface area (TPSA) is 34.0 Å². The molecule has 1 aliphatic heterocycles. The Labute approximate surface area is 117 Å². The number of rotatable bonds is 2. The van der Waals surface area contributed by atoms with Crippen molar-refractivity contribution >= 4 is 16.7 Å². The van der Waals surface area contributed by atoms with Crippen LogP contribution in [-0.2, 0) is 13.1 Å². The lowest BCUT2D eigenvalue weighted by Gasteiger charge is -2.30. The molecule has 0 radical (unpaired) electrons.